The number of carbonyl (C=O) groups excluding carboxylic acids is 1. The zero-order valence-electron chi connectivity index (χ0n) is 12.8. The molecule has 1 amide bonds. The van der Waals surface area contributed by atoms with Crippen LogP contribution in [0.25, 0.3) is 0 Å². The van der Waals surface area contributed by atoms with Crippen LogP contribution in [0.3, 0.4) is 0 Å². The molecule has 0 bridgehead atoms. The van der Waals surface area contributed by atoms with Gasteiger partial charge in [0.15, 0.2) is 11.5 Å². The minimum absolute atomic E-state index is 0. The topological polar surface area (TPSA) is 50.8 Å². The van der Waals surface area contributed by atoms with E-state index in [0.29, 0.717) is 30.4 Å². The lowest BCUT2D eigenvalue weighted by Crippen LogP contribution is -2.37. The van der Waals surface area contributed by atoms with Gasteiger partial charge >= 0.3 is 0 Å². The van der Waals surface area contributed by atoms with Crippen molar-refractivity contribution in [2.24, 2.45) is 5.92 Å². The molecule has 1 fully saturated rings. The van der Waals surface area contributed by atoms with Gasteiger partial charge in [0.05, 0.1) is 0 Å². The van der Waals surface area contributed by atoms with E-state index in [4.69, 9.17) is 9.47 Å². The number of halogens is 1. The molecule has 1 N–H and O–H groups in total. The lowest BCUT2D eigenvalue weighted by atomic mass is 9.97. The van der Waals surface area contributed by atoms with Crippen LogP contribution in [-0.2, 0) is 0 Å². The third kappa shape index (κ3) is 3.84. The van der Waals surface area contributed by atoms with Crippen molar-refractivity contribution in [1.82, 2.24) is 10.2 Å². The van der Waals surface area contributed by atoms with E-state index in [2.05, 4.69) is 5.32 Å². The Morgan fingerprint density at radius 1 is 1.23 bits per heavy atom. The summed E-state index contributed by atoms with van der Waals surface area (Å²) in [6.07, 6.45) is 2.28. The summed E-state index contributed by atoms with van der Waals surface area (Å²) in [5.41, 5.74) is 0.663. The Labute approximate surface area is 137 Å². The number of amides is 1. The van der Waals surface area contributed by atoms with E-state index in [-0.39, 0.29) is 18.3 Å². The first-order chi connectivity index (χ1) is 10.2. The second kappa shape index (κ2) is 7.70. The molecule has 0 aromatic heterocycles. The van der Waals surface area contributed by atoms with Gasteiger partial charge in [-0.05, 0) is 50.0 Å². The van der Waals surface area contributed by atoms with Crippen molar-refractivity contribution in [2.75, 3.05) is 39.9 Å². The molecule has 0 unspecified atom stereocenters. The van der Waals surface area contributed by atoms with Gasteiger partial charge in [-0.1, -0.05) is 0 Å². The fraction of sp³-hybridized carbons (Fsp3) is 0.562. The zero-order chi connectivity index (χ0) is 14.7. The third-order valence-electron chi connectivity index (χ3n) is 4.13. The van der Waals surface area contributed by atoms with Crippen LogP contribution in [0.5, 0.6) is 11.5 Å². The molecule has 5 nitrogen and oxygen atoms in total. The largest absolute Gasteiger partial charge is 0.486 e. The smallest absolute Gasteiger partial charge is 0.253 e. The maximum Gasteiger partial charge on any atom is 0.253 e. The summed E-state index contributed by atoms with van der Waals surface area (Å²) in [6, 6.07) is 5.42. The lowest BCUT2D eigenvalue weighted by Gasteiger charge is -2.28. The highest BCUT2D eigenvalue weighted by molar-refractivity contribution is 5.94. The summed E-state index contributed by atoms with van der Waals surface area (Å²) in [6.45, 7) is 4.02. The quantitative estimate of drug-likeness (QED) is 0.922. The molecule has 2 aliphatic rings. The predicted octanol–water partition coefficient (Wildman–Crippen LogP) is 1.95. The SMILES string of the molecule is CN(CC1CCNCC1)C(=O)c1ccc2c(c1)OCCO2.Cl. The van der Waals surface area contributed by atoms with Gasteiger partial charge in [0.25, 0.3) is 5.91 Å². The van der Waals surface area contributed by atoms with Crippen LogP contribution in [0.1, 0.15) is 23.2 Å². The number of nitrogens with zero attached hydrogens (tertiary/aromatic N) is 1. The Morgan fingerprint density at radius 2 is 1.91 bits per heavy atom. The summed E-state index contributed by atoms with van der Waals surface area (Å²) in [5, 5.41) is 3.35. The number of hydrogen-bond donors (Lipinski definition) is 1. The minimum atomic E-state index is 0. The van der Waals surface area contributed by atoms with Gasteiger partial charge in [-0.25, -0.2) is 0 Å². The maximum absolute atomic E-state index is 12.5. The van der Waals surface area contributed by atoms with Crippen LogP contribution >= 0.6 is 12.4 Å². The van der Waals surface area contributed by atoms with E-state index in [9.17, 15) is 4.79 Å². The summed E-state index contributed by atoms with van der Waals surface area (Å²) in [5.74, 6) is 2.03. The molecule has 2 heterocycles. The molecule has 0 radical (unpaired) electrons. The maximum atomic E-state index is 12.5. The molecule has 3 rings (SSSR count). The van der Waals surface area contributed by atoms with Gasteiger partial charge in [0.1, 0.15) is 13.2 Å². The normalized spacial score (nSPS) is 17.5. The Bertz CT molecular complexity index is 518. The number of rotatable bonds is 3. The highest BCUT2D eigenvalue weighted by atomic mass is 35.5. The van der Waals surface area contributed by atoms with Gasteiger partial charge < -0.3 is 19.7 Å². The number of piperidine rings is 1. The van der Waals surface area contributed by atoms with Gasteiger partial charge in [-0.15, -0.1) is 12.4 Å². The van der Waals surface area contributed by atoms with E-state index in [1.54, 1.807) is 6.07 Å². The first kappa shape index (κ1) is 16.9. The molecular formula is C16H23ClN2O3. The van der Waals surface area contributed by atoms with E-state index >= 15 is 0 Å². The summed E-state index contributed by atoms with van der Waals surface area (Å²) in [7, 11) is 1.88. The highest BCUT2D eigenvalue weighted by Crippen LogP contribution is 2.31. The number of ether oxygens (including phenoxy) is 2. The molecule has 0 aliphatic carbocycles. The first-order valence-electron chi connectivity index (χ1n) is 7.60. The van der Waals surface area contributed by atoms with E-state index in [1.165, 1.54) is 0 Å². The van der Waals surface area contributed by atoms with Crippen molar-refractivity contribution in [3.05, 3.63) is 23.8 Å². The van der Waals surface area contributed by atoms with Gasteiger partial charge in [0, 0.05) is 19.2 Å². The van der Waals surface area contributed by atoms with E-state index in [1.807, 2.05) is 24.1 Å². The number of fused-ring (bicyclic) bond motifs is 1. The van der Waals surface area contributed by atoms with Crippen LogP contribution < -0.4 is 14.8 Å². The molecule has 1 saturated heterocycles. The molecule has 1 aromatic carbocycles. The number of benzene rings is 1. The first-order valence-corrected chi connectivity index (χ1v) is 7.60. The molecular weight excluding hydrogens is 304 g/mol. The van der Waals surface area contributed by atoms with Crippen LogP contribution in [-0.4, -0.2) is 50.7 Å². The number of carbonyl (C=O) groups is 1. The minimum Gasteiger partial charge on any atom is -0.486 e. The van der Waals surface area contributed by atoms with Gasteiger partial charge in [-0.2, -0.15) is 0 Å². The third-order valence-corrected chi connectivity index (χ3v) is 4.13. The molecule has 1 aromatic rings. The second-order valence-corrected chi connectivity index (χ2v) is 5.74. The molecule has 0 spiro atoms. The fourth-order valence-corrected chi connectivity index (χ4v) is 2.93. The molecule has 0 saturated carbocycles. The Morgan fingerprint density at radius 3 is 2.64 bits per heavy atom. The van der Waals surface area contributed by atoms with Crippen molar-refractivity contribution in [3.8, 4) is 11.5 Å². The van der Waals surface area contributed by atoms with E-state index < -0.39 is 0 Å². The van der Waals surface area contributed by atoms with Crippen LogP contribution in [0, 0.1) is 5.92 Å². The summed E-state index contributed by atoms with van der Waals surface area (Å²) >= 11 is 0. The highest BCUT2D eigenvalue weighted by Gasteiger charge is 2.21. The van der Waals surface area contributed by atoms with Gasteiger partial charge in [-0.3, -0.25) is 4.79 Å². The summed E-state index contributed by atoms with van der Waals surface area (Å²) < 4.78 is 11.0. The van der Waals surface area contributed by atoms with Crippen LogP contribution in [0.4, 0.5) is 0 Å². The zero-order valence-corrected chi connectivity index (χ0v) is 13.7. The monoisotopic (exact) mass is 326 g/mol. The van der Waals surface area contributed by atoms with Crippen molar-refractivity contribution < 1.29 is 14.3 Å². The van der Waals surface area contributed by atoms with E-state index in [0.717, 1.165) is 38.2 Å². The molecule has 22 heavy (non-hydrogen) atoms. The molecule has 2 aliphatic heterocycles. The Kier molecular flexibility index (Phi) is 5.91. The van der Waals surface area contributed by atoms with Crippen molar-refractivity contribution in [1.29, 1.82) is 0 Å². The van der Waals surface area contributed by atoms with Crippen molar-refractivity contribution in [3.63, 3.8) is 0 Å². The molecule has 122 valence electrons. The summed E-state index contributed by atoms with van der Waals surface area (Å²) in [4.78, 5) is 14.3. The predicted molar refractivity (Wildman–Crippen MR) is 87.2 cm³/mol. The standard InChI is InChI=1S/C16H22N2O3.ClH/c1-18(11-12-4-6-17-7-5-12)16(19)13-2-3-14-15(10-13)21-9-8-20-14;/h2-3,10,12,17H,4-9,11H2,1H3;1H. The van der Waals surface area contributed by atoms with Crippen LogP contribution in [0.15, 0.2) is 18.2 Å². The fourth-order valence-electron chi connectivity index (χ4n) is 2.93. The molecule has 6 heteroatoms. The van der Waals surface area contributed by atoms with Crippen LogP contribution in [0.2, 0.25) is 0 Å². The Hall–Kier alpha value is -1.46. The average Bonchev–Trinajstić information content (AvgIpc) is 2.54. The van der Waals surface area contributed by atoms with Crippen molar-refractivity contribution in [2.45, 2.75) is 12.8 Å². The van der Waals surface area contributed by atoms with Gasteiger partial charge in [0.2, 0.25) is 0 Å². The number of nitrogens with one attached hydrogen (secondary N) is 1. The second-order valence-electron chi connectivity index (χ2n) is 5.74. The molecule has 0 atom stereocenters. The van der Waals surface area contributed by atoms with Crippen molar-refractivity contribution >= 4 is 18.3 Å². The lowest BCUT2D eigenvalue weighted by molar-refractivity contribution is 0.0761. The Balaban J connectivity index is 0.00000176. The number of hydrogen-bond acceptors (Lipinski definition) is 4. The average molecular weight is 327 g/mol.